The maximum absolute atomic E-state index is 14.4. The standard InChI is InChI=1S/C24H33NO8S/c1-7-34-21(28)33-18-16-11(2)17(26)19(25-30)24(29,22(16,3)4)9-13-12-10-32-14(12)8-15(31-6)23(13,5)20(18)27/h12-15,18-19,29H,7-10H2,1-6H3. The number of rotatable bonds is 4. The van der Waals surface area contributed by atoms with Gasteiger partial charge in [0.05, 0.1) is 24.2 Å². The van der Waals surface area contributed by atoms with Crippen LogP contribution in [-0.2, 0) is 23.8 Å². The fraction of sp³-hybridized carbons (Fsp3) is 0.792. The summed E-state index contributed by atoms with van der Waals surface area (Å²) < 4.78 is 17.3. The van der Waals surface area contributed by atoms with Crippen LogP contribution in [0.4, 0.5) is 4.79 Å². The van der Waals surface area contributed by atoms with Crippen molar-refractivity contribution >= 4 is 28.6 Å². The Hall–Kier alpha value is -1.62. The lowest BCUT2D eigenvalue weighted by molar-refractivity contribution is -0.245. The molecule has 0 spiro atoms. The Morgan fingerprint density at radius 3 is 2.50 bits per heavy atom. The van der Waals surface area contributed by atoms with E-state index in [2.05, 4.69) is 5.18 Å². The first kappa shape index (κ1) is 25.5. The number of carbonyl (C=O) groups is 3. The van der Waals surface area contributed by atoms with Gasteiger partial charge in [-0.15, -0.1) is 4.91 Å². The summed E-state index contributed by atoms with van der Waals surface area (Å²) in [6.45, 7) is 8.85. The normalized spacial score (nSPS) is 43.1. The fourth-order valence-electron chi connectivity index (χ4n) is 6.88. The van der Waals surface area contributed by atoms with E-state index >= 15 is 0 Å². The van der Waals surface area contributed by atoms with Gasteiger partial charge in [0, 0.05) is 30.6 Å². The first-order chi connectivity index (χ1) is 15.9. The van der Waals surface area contributed by atoms with Crippen LogP contribution < -0.4 is 0 Å². The molecule has 0 aromatic rings. The van der Waals surface area contributed by atoms with Gasteiger partial charge in [0.25, 0.3) is 0 Å². The zero-order chi connectivity index (χ0) is 25.2. The summed E-state index contributed by atoms with van der Waals surface area (Å²) in [5.41, 5.74) is -3.92. The van der Waals surface area contributed by atoms with Crippen molar-refractivity contribution in [1.29, 1.82) is 0 Å². The van der Waals surface area contributed by atoms with E-state index in [4.69, 9.17) is 14.2 Å². The Kier molecular flexibility index (Phi) is 6.37. The Bertz CT molecular complexity index is 963. The van der Waals surface area contributed by atoms with E-state index < -0.39 is 51.7 Å². The lowest BCUT2D eigenvalue weighted by Gasteiger charge is -2.62. The summed E-state index contributed by atoms with van der Waals surface area (Å²) in [5.74, 6) is -1.10. The number of hydrogen-bond donors (Lipinski definition) is 1. The van der Waals surface area contributed by atoms with Crippen molar-refractivity contribution in [2.24, 2.45) is 27.8 Å². The average Bonchev–Trinajstić information content (AvgIpc) is 2.75. The highest BCUT2D eigenvalue weighted by atomic mass is 32.2. The van der Waals surface area contributed by atoms with E-state index in [1.165, 1.54) is 14.0 Å². The topological polar surface area (TPSA) is 129 Å². The predicted octanol–water partition coefficient (Wildman–Crippen LogP) is 3.07. The number of nitroso groups, excluding NO2 is 1. The Morgan fingerprint density at radius 1 is 1.29 bits per heavy atom. The molecule has 1 N–H and O–H groups in total. The molecule has 0 radical (unpaired) electrons. The van der Waals surface area contributed by atoms with Gasteiger partial charge < -0.3 is 19.3 Å². The third-order valence-electron chi connectivity index (χ3n) is 9.04. The van der Waals surface area contributed by atoms with Gasteiger partial charge in [-0.2, -0.15) is 0 Å². The van der Waals surface area contributed by atoms with Gasteiger partial charge in [-0.25, -0.2) is 4.79 Å². The molecular formula is C24H33NO8S. The van der Waals surface area contributed by atoms with E-state index in [-0.39, 0.29) is 35.4 Å². The molecule has 2 bridgehead atoms. The lowest BCUT2D eigenvalue weighted by Crippen LogP contribution is -2.71. The molecule has 0 aromatic carbocycles. The molecule has 3 fully saturated rings. The Labute approximate surface area is 203 Å². The highest BCUT2D eigenvalue weighted by molar-refractivity contribution is 8.13. The third-order valence-corrected chi connectivity index (χ3v) is 9.66. The number of ketones is 2. The number of hydrogen-bond acceptors (Lipinski definition) is 10. The third kappa shape index (κ3) is 3.21. The first-order valence-electron chi connectivity index (χ1n) is 11.7. The minimum Gasteiger partial charge on any atom is -0.442 e. The lowest BCUT2D eigenvalue weighted by atomic mass is 9.46. The van der Waals surface area contributed by atoms with Gasteiger partial charge in [0.15, 0.2) is 23.7 Å². The molecule has 8 unspecified atom stereocenters. The molecule has 188 valence electrons. The zero-order valence-corrected chi connectivity index (χ0v) is 21.3. The summed E-state index contributed by atoms with van der Waals surface area (Å²) in [7, 11) is 1.52. The smallest absolute Gasteiger partial charge is 0.368 e. The fourth-order valence-corrected chi connectivity index (χ4v) is 7.28. The van der Waals surface area contributed by atoms with E-state index in [0.717, 1.165) is 11.8 Å². The summed E-state index contributed by atoms with van der Waals surface area (Å²) in [5, 5.41) is 14.6. The van der Waals surface area contributed by atoms with Crippen LogP contribution in [0.5, 0.6) is 0 Å². The van der Waals surface area contributed by atoms with Crippen LogP contribution in [0.15, 0.2) is 16.3 Å². The van der Waals surface area contributed by atoms with Gasteiger partial charge in [0.2, 0.25) is 0 Å². The molecular weight excluding hydrogens is 462 g/mol. The second-order valence-corrected chi connectivity index (χ2v) is 11.8. The summed E-state index contributed by atoms with van der Waals surface area (Å²) in [6.07, 6.45) is -1.63. The van der Waals surface area contributed by atoms with Gasteiger partial charge in [0.1, 0.15) is 5.60 Å². The molecule has 34 heavy (non-hydrogen) atoms. The number of methoxy groups -OCH3 is 1. The quantitative estimate of drug-likeness (QED) is 0.462. The van der Waals surface area contributed by atoms with Crippen molar-refractivity contribution in [3.8, 4) is 0 Å². The summed E-state index contributed by atoms with van der Waals surface area (Å²) >= 11 is 0.920. The predicted molar refractivity (Wildman–Crippen MR) is 124 cm³/mol. The molecule has 10 heteroatoms. The van der Waals surface area contributed by atoms with Crippen molar-refractivity contribution in [3.63, 3.8) is 0 Å². The maximum atomic E-state index is 14.4. The molecule has 0 amide bonds. The van der Waals surface area contributed by atoms with Crippen molar-refractivity contribution in [1.82, 2.24) is 0 Å². The number of nitrogens with zero attached hydrogens (tertiary/aromatic N) is 1. The molecule has 1 saturated heterocycles. The average molecular weight is 496 g/mol. The molecule has 1 aliphatic heterocycles. The molecule has 8 atom stereocenters. The second-order valence-electron chi connectivity index (χ2n) is 10.6. The number of fused-ring (bicyclic) bond motifs is 5. The van der Waals surface area contributed by atoms with Crippen molar-refractivity contribution in [2.75, 3.05) is 19.5 Å². The number of carbonyl (C=O) groups excluding carboxylic acids is 3. The minimum atomic E-state index is -1.88. The zero-order valence-electron chi connectivity index (χ0n) is 20.5. The SMILES string of the molecule is CCSC(=O)OC1C(=O)C2(C)C(OC)CC3OCC3C2CC2(O)C(N=O)C(=O)C(C)=C1C2(C)C. The molecule has 4 rings (SSSR count). The van der Waals surface area contributed by atoms with E-state index in [1.54, 1.807) is 27.7 Å². The first-order valence-corrected chi connectivity index (χ1v) is 12.7. The summed E-state index contributed by atoms with van der Waals surface area (Å²) in [4.78, 5) is 52.3. The number of Topliss-reactive ketones (excluding diaryl/α,β-unsaturated/α-hetero) is 2. The molecule has 4 aliphatic rings. The monoisotopic (exact) mass is 495 g/mol. The van der Waals surface area contributed by atoms with Crippen LogP contribution >= 0.6 is 11.8 Å². The van der Waals surface area contributed by atoms with Crippen LogP contribution in [0.25, 0.3) is 0 Å². The highest BCUT2D eigenvalue weighted by Gasteiger charge is 2.70. The highest BCUT2D eigenvalue weighted by Crippen LogP contribution is 2.61. The molecule has 9 nitrogen and oxygen atoms in total. The minimum absolute atomic E-state index is 0.00404. The van der Waals surface area contributed by atoms with Crippen molar-refractivity contribution in [2.45, 2.75) is 77.4 Å². The van der Waals surface area contributed by atoms with Gasteiger partial charge in [-0.1, -0.05) is 25.9 Å². The van der Waals surface area contributed by atoms with E-state index in [9.17, 15) is 24.4 Å². The van der Waals surface area contributed by atoms with Crippen molar-refractivity contribution in [3.05, 3.63) is 16.1 Å². The number of thioether (sulfide) groups is 1. The molecule has 1 heterocycles. The molecule has 3 aliphatic carbocycles. The largest absolute Gasteiger partial charge is 0.442 e. The molecule has 0 aromatic heterocycles. The Balaban J connectivity index is 1.99. The van der Waals surface area contributed by atoms with Crippen LogP contribution in [0, 0.1) is 27.6 Å². The van der Waals surface area contributed by atoms with Crippen molar-refractivity contribution < 1.29 is 33.7 Å². The van der Waals surface area contributed by atoms with Crippen LogP contribution in [-0.4, -0.2) is 71.4 Å². The van der Waals surface area contributed by atoms with Gasteiger partial charge in [-0.05, 0) is 49.1 Å². The number of ether oxygens (including phenoxy) is 3. The second kappa shape index (κ2) is 8.50. The molecule has 2 saturated carbocycles. The van der Waals surface area contributed by atoms with Crippen LogP contribution in [0.3, 0.4) is 0 Å². The maximum Gasteiger partial charge on any atom is 0.368 e. The van der Waals surface area contributed by atoms with E-state index in [1.807, 2.05) is 0 Å². The summed E-state index contributed by atoms with van der Waals surface area (Å²) in [6, 6.07) is -1.53. The van der Waals surface area contributed by atoms with Crippen LogP contribution in [0.1, 0.15) is 47.5 Å². The Morgan fingerprint density at radius 2 is 1.97 bits per heavy atom. The number of aliphatic hydroxyl groups is 1. The van der Waals surface area contributed by atoms with Crippen LogP contribution in [0.2, 0.25) is 0 Å². The van der Waals surface area contributed by atoms with Gasteiger partial charge in [-0.3, -0.25) is 9.59 Å². The van der Waals surface area contributed by atoms with E-state index in [0.29, 0.717) is 18.8 Å². The van der Waals surface area contributed by atoms with Gasteiger partial charge >= 0.3 is 5.30 Å².